The van der Waals surface area contributed by atoms with Crippen LogP contribution in [-0.2, 0) is 9.53 Å². The lowest BCUT2D eigenvalue weighted by atomic mass is 9.89. The molecule has 1 spiro atoms. The summed E-state index contributed by atoms with van der Waals surface area (Å²) < 4.78 is 5.34. The van der Waals surface area contributed by atoms with Crippen molar-refractivity contribution in [1.29, 1.82) is 0 Å². The molecule has 0 bridgehead atoms. The van der Waals surface area contributed by atoms with Crippen LogP contribution in [0.5, 0.6) is 0 Å². The van der Waals surface area contributed by atoms with Crippen molar-refractivity contribution in [2.45, 2.75) is 51.7 Å². The largest absolute Gasteiger partial charge is 0.444 e. The highest BCUT2D eigenvalue weighted by Crippen LogP contribution is 2.29. The van der Waals surface area contributed by atoms with Crippen LogP contribution in [0.2, 0.25) is 0 Å². The highest BCUT2D eigenvalue weighted by molar-refractivity contribution is 6.07. The SMILES string of the molecule is CCN1C(=O)NC2(CCCN(C(=O)OC(C)(C)C)C2)C1=O. The fourth-order valence-corrected chi connectivity index (χ4v) is 2.78. The first-order valence-electron chi connectivity index (χ1n) is 7.30. The minimum Gasteiger partial charge on any atom is -0.444 e. The molecule has 7 heteroatoms. The van der Waals surface area contributed by atoms with Gasteiger partial charge in [0.2, 0.25) is 0 Å². The Kier molecular flexibility index (Phi) is 3.86. The number of piperidine rings is 1. The van der Waals surface area contributed by atoms with Crippen molar-refractivity contribution in [3.8, 4) is 0 Å². The van der Waals surface area contributed by atoms with Gasteiger partial charge in [0.05, 0.1) is 6.54 Å². The van der Waals surface area contributed by atoms with E-state index in [9.17, 15) is 14.4 Å². The molecular weight excluding hydrogens is 274 g/mol. The molecule has 2 heterocycles. The summed E-state index contributed by atoms with van der Waals surface area (Å²) in [5.41, 5.74) is -1.57. The van der Waals surface area contributed by atoms with Gasteiger partial charge in [0, 0.05) is 13.1 Å². The van der Waals surface area contributed by atoms with Crippen molar-refractivity contribution < 1.29 is 19.1 Å². The number of amides is 4. The molecule has 1 atom stereocenters. The fraction of sp³-hybridized carbons (Fsp3) is 0.786. The number of carbonyl (C=O) groups excluding carboxylic acids is 3. The van der Waals surface area contributed by atoms with Crippen LogP contribution in [0.25, 0.3) is 0 Å². The van der Waals surface area contributed by atoms with Crippen LogP contribution < -0.4 is 5.32 Å². The molecule has 0 aliphatic carbocycles. The molecule has 1 unspecified atom stereocenters. The van der Waals surface area contributed by atoms with Crippen LogP contribution in [-0.4, -0.2) is 58.6 Å². The van der Waals surface area contributed by atoms with E-state index in [1.54, 1.807) is 27.7 Å². The average Bonchev–Trinajstić information content (AvgIpc) is 2.58. The predicted octanol–water partition coefficient (Wildman–Crippen LogP) is 1.33. The maximum atomic E-state index is 12.4. The van der Waals surface area contributed by atoms with Gasteiger partial charge in [-0.25, -0.2) is 9.59 Å². The normalized spacial score (nSPS) is 26.3. The minimum atomic E-state index is -0.984. The Morgan fingerprint density at radius 3 is 2.57 bits per heavy atom. The van der Waals surface area contributed by atoms with E-state index in [4.69, 9.17) is 4.74 Å². The van der Waals surface area contributed by atoms with E-state index in [1.165, 1.54) is 9.80 Å². The number of nitrogens with one attached hydrogen (secondary N) is 1. The second-order valence-electron chi connectivity index (χ2n) is 6.57. The number of nitrogens with zero attached hydrogens (tertiary/aromatic N) is 2. The van der Waals surface area contributed by atoms with Gasteiger partial charge in [-0.3, -0.25) is 9.69 Å². The van der Waals surface area contributed by atoms with Gasteiger partial charge in [0.25, 0.3) is 5.91 Å². The van der Waals surface area contributed by atoms with E-state index >= 15 is 0 Å². The quantitative estimate of drug-likeness (QED) is 0.741. The molecule has 0 radical (unpaired) electrons. The van der Waals surface area contributed by atoms with E-state index in [-0.39, 0.29) is 18.5 Å². The number of ether oxygens (including phenoxy) is 1. The van der Waals surface area contributed by atoms with E-state index in [0.29, 0.717) is 25.9 Å². The summed E-state index contributed by atoms with van der Waals surface area (Å²) in [5, 5.41) is 2.76. The molecule has 2 saturated heterocycles. The summed E-state index contributed by atoms with van der Waals surface area (Å²) in [4.78, 5) is 39.2. The first-order chi connectivity index (χ1) is 9.68. The van der Waals surface area contributed by atoms with E-state index in [1.807, 2.05) is 0 Å². The molecule has 0 aromatic carbocycles. The summed E-state index contributed by atoms with van der Waals surface area (Å²) >= 11 is 0. The Bertz CT molecular complexity index is 471. The highest BCUT2D eigenvalue weighted by atomic mass is 16.6. The number of carbonyl (C=O) groups is 3. The lowest BCUT2D eigenvalue weighted by Gasteiger charge is -2.38. The molecule has 2 aliphatic heterocycles. The highest BCUT2D eigenvalue weighted by Gasteiger charge is 2.53. The van der Waals surface area contributed by atoms with E-state index in [2.05, 4.69) is 5.32 Å². The molecule has 0 saturated carbocycles. The van der Waals surface area contributed by atoms with E-state index in [0.717, 1.165) is 0 Å². The van der Waals surface area contributed by atoms with Gasteiger partial charge in [-0.05, 0) is 40.5 Å². The molecular formula is C14H23N3O4. The van der Waals surface area contributed by atoms with Gasteiger partial charge in [0.1, 0.15) is 11.1 Å². The van der Waals surface area contributed by atoms with Gasteiger partial charge in [-0.1, -0.05) is 0 Å². The standard InChI is InChI=1S/C14H23N3O4/c1-5-17-10(18)14(15-11(17)19)7-6-8-16(9-14)12(20)21-13(2,3)4/h5-9H2,1-4H3,(H,15,19). The minimum absolute atomic E-state index is 0.170. The van der Waals surface area contributed by atoms with Crippen molar-refractivity contribution in [1.82, 2.24) is 15.1 Å². The van der Waals surface area contributed by atoms with Gasteiger partial charge < -0.3 is 15.0 Å². The third kappa shape index (κ3) is 2.96. The number of likely N-dealkylation sites (tertiary alicyclic amines) is 1. The summed E-state index contributed by atoms with van der Waals surface area (Å²) in [5.74, 6) is -0.247. The lowest BCUT2D eigenvalue weighted by molar-refractivity contribution is -0.132. The van der Waals surface area contributed by atoms with Crippen LogP contribution in [0.4, 0.5) is 9.59 Å². The molecule has 1 N–H and O–H groups in total. The number of imide groups is 1. The summed E-state index contributed by atoms with van der Waals surface area (Å²) in [6, 6.07) is -0.381. The average molecular weight is 297 g/mol. The van der Waals surface area contributed by atoms with Crippen molar-refractivity contribution >= 4 is 18.0 Å². The molecule has 21 heavy (non-hydrogen) atoms. The van der Waals surface area contributed by atoms with Crippen LogP contribution in [0.3, 0.4) is 0 Å². The molecule has 0 aromatic rings. The zero-order valence-corrected chi connectivity index (χ0v) is 13.1. The number of hydrogen-bond donors (Lipinski definition) is 1. The molecule has 2 fully saturated rings. The van der Waals surface area contributed by atoms with Gasteiger partial charge >= 0.3 is 12.1 Å². The number of likely N-dealkylation sites (N-methyl/N-ethyl adjacent to an activating group) is 1. The smallest absolute Gasteiger partial charge is 0.410 e. The molecule has 7 nitrogen and oxygen atoms in total. The van der Waals surface area contributed by atoms with Gasteiger partial charge in [-0.15, -0.1) is 0 Å². The van der Waals surface area contributed by atoms with Gasteiger partial charge in [-0.2, -0.15) is 0 Å². The maximum Gasteiger partial charge on any atom is 0.410 e. The van der Waals surface area contributed by atoms with Crippen LogP contribution in [0, 0.1) is 0 Å². The summed E-state index contributed by atoms with van der Waals surface area (Å²) in [7, 11) is 0. The van der Waals surface area contributed by atoms with Crippen molar-refractivity contribution in [3.63, 3.8) is 0 Å². The fourth-order valence-electron chi connectivity index (χ4n) is 2.78. The molecule has 0 aromatic heterocycles. The maximum absolute atomic E-state index is 12.4. The molecule has 4 amide bonds. The number of hydrogen-bond acceptors (Lipinski definition) is 4. The lowest BCUT2D eigenvalue weighted by Crippen LogP contribution is -2.60. The molecule has 118 valence electrons. The topological polar surface area (TPSA) is 79.0 Å². The first kappa shape index (κ1) is 15.6. The third-order valence-electron chi connectivity index (χ3n) is 3.71. The van der Waals surface area contributed by atoms with Crippen molar-refractivity contribution in [2.75, 3.05) is 19.6 Å². The second kappa shape index (κ2) is 5.20. The van der Waals surface area contributed by atoms with Crippen molar-refractivity contribution in [3.05, 3.63) is 0 Å². The van der Waals surface area contributed by atoms with Crippen LogP contribution in [0.15, 0.2) is 0 Å². The zero-order chi connectivity index (χ0) is 15.8. The Labute approximate surface area is 124 Å². The Hall–Kier alpha value is -1.79. The van der Waals surface area contributed by atoms with Crippen molar-refractivity contribution in [2.24, 2.45) is 0 Å². The van der Waals surface area contributed by atoms with E-state index < -0.39 is 17.2 Å². The Balaban J connectivity index is 2.13. The first-order valence-corrected chi connectivity index (χ1v) is 7.30. The molecule has 2 rings (SSSR count). The Morgan fingerprint density at radius 2 is 2.05 bits per heavy atom. The molecule has 2 aliphatic rings. The summed E-state index contributed by atoms with van der Waals surface area (Å²) in [6.45, 7) is 8.18. The van der Waals surface area contributed by atoms with Crippen LogP contribution in [0.1, 0.15) is 40.5 Å². The Morgan fingerprint density at radius 1 is 1.38 bits per heavy atom. The monoisotopic (exact) mass is 297 g/mol. The van der Waals surface area contributed by atoms with Crippen LogP contribution >= 0.6 is 0 Å². The number of rotatable bonds is 1. The second-order valence-corrected chi connectivity index (χ2v) is 6.57. The number of urea groups is 1. The zero-order valence-electron chi connectivity index (χ0n) is 13.1. The van der Waals surface area contributed by atoms with Gasteiger partial charge in [0.15, 0.2) is 0 Å². The summed E-state index contributed by atoms with van der Waals surface area (Å²) in [6.07, 6.45) is 0.759. The predicted molar refractivity (Wildman–Crippen MR) is 75.7 cm³/mol. The third-order valence-corrected chi connectivity index (χ3v) is 3.71.